The zero-order chi connectivity index (χ0) is 39.7. The minimum atomic E-state index is -2.97. The van der Waals surface area contributed by atoms with Gasteiger partial charge in [-0.2, -0.15) is 0 Å². The number of alkyl halides is 2. The molecular weight excluding hydrogens is 763 g/mol. The Morgan fingerprint density at radius 2 is 1.68 bits per heavy atom. The molecule has 2 aromatic carbocycles. The molecular formula is C41H41Cl2F2N7O4. The highest BCUT2D eigenvalue weighted by atomic mass is 35.5. The lowest BCUT2D eigenvalue weighted by atomic mass is 9.80. The van der Waals surface area contributed by atoms with Crippen molar-refractivity contribution >= 4 is 51.5 Å². The van der Waals surface area contributed by atoms with Crippen molar-refractivity contribution in [2.45, 2.75) is 57.9 Å². The summed E-state index contributed by atoms with van der Waals surface area (Å²) in [4.78, 5) is 49.6. The van der Waals surface area contributed by atoms with Crippen molar-refractivity contribution in [1.82, 2.24) is 24.0 Å². The molecule has 2 fully saturated rings. The number of ether oxygens (including phenoxy) is 1. The monoisotopic (exact) mass is 803 g/mol. The number of nitrogens with zero attached hydrogens (tertiary/aromatic N) is 5. The molecule has 0 radical (unpaired) electrons. The second kappa shape index (κ2) is 14.3. The van der Waals surface area contributed by atoms with E-state index in [1.54, 1.807) is 25.3 Å². The quantitative estimate of drug-likeness (QED) is 0.148. The highest BCUT2D eigenvalue weighted by Gasteiger charge is 2.56. The Kier molecular flexibility index (Phi) is 9.69. The minimum absolute atomic E-state index is 0.00336. The Balaban J connectivity index is 1.10. The minimum Gasteiger partial charge on any atom is -0.481 e. The third kappa shape index (κ3) is 6.33. The van der Waals surface area contributed by atoms with Crippen LogP contribution in [0.4, 0.5) is 20.3 Å². The standard InChI is InChI=1S/C41H41Cl2F2N7O4/c1-50-30-19-29(34(44)45)48-35(31(30)37(53)51(2)39(50)55)47-27-9-5-7-25(33(27)43)24-6-4-8-26(32(24)42)28-18-22-20-52(16-10-23(22)36(49-28)56-3)17-15-40-11-13-41(21-40,14-12-40)38(46)54/h4-9,18-19,34H,10-17,20-21H2,1-3H3,(H2,46,54)(H,47,48). The number of aromatic nitrogens is 4. The lowest BCUT2D eigenvalue weighted by Gasteiger charge is -2.33. The number of hydrogen-bond donors (Lipinski definition) is 2. The summed E-state index contributed by atoms with van der Waals surface area (Å²) in [6.45, 7) is 2.53. The van der Waals surface area contributed by atoms with Gasteiger partial charge in [-0.15, -0.1) is 0 Å². The first-order chi connectivity index (χ1) is 26.7. The van der Waals surface area contributed by atoms with Gasteiger partial charge in [0.25, 0.3) is 12.0 Å². The topological polar surface area (TPSA) is 137 Å². The lowest BCUT2D eigenvalue weighted by molar-refractivity contribution is -0.127. The van der Waals surface area contributed by atoms with Crippen LogP contribution in [0.1, 0.15) is 61.8 Å². The van der Waals surface area contributed by atoms with Gasteiger partial charge >= 0.3 is 5.69 Å². The van der Waals surface area contributed by atoms with Crippen molar-refractivity contribution in [2.24, 2.45) is 30.7 Å². The van der Waals surface area contributed by atoms with Gasteiger partial charge in [0.05, 0.1) is 34.1 Å². The van der Waals surface area contributed by atoms with Gasteiger partial charge in [0.15, 0.2) is 0 Å². The van der Waals surface area contributed by atoms with Gasteiger partial charge in [-0.3, -0.25) is 23.6 Å². The predicted molar refractivity (Wildman–Crippen MR) is 213 cm³/mol. The van der Waals surface area contributed by atoms with Crippen molar-refractivity contribution in [3.05, 3.63) is 96.2 Å². The number of amides is 1. The molecule has 0 saturated heterocycles. The zero-order valence-electron chi connectivity index (χ0n) is 31.2. The van der Waals surface area contributed by atoms with Crippen molar-refractivity contribution in [3.8, 4) is 28.3 Å². The number of pyridine rings is 2. The van der Waals surface area contributed by atoms with Gasteiger partial charge in [-0.1, -0.05) is 53.5 Å². The molecule has 56 heavy (non-hydrogen) atoms. The maximum Gasteiger partial charge on any atom is 0.330 e. The van der Waals surface area contributed by atoms with Crippen LogP contribution < -0.4 is 27.0 Å². The SMILES string of the molecule is COc1nc(-c2cccc(-c3cccc(Nc4nc(C(F)F)cc5c4c(=O)n(C)c(=O)n5C)c3Cl)c2Cl)cc2c1CCN(CCC13CCC(C(N)=O)(CC1)C3)C2. The number of halogens is 4. The molecule has 3 N–H and O–H groups in total. The van der Waals surface area contributed by atoms with E-state index in [2.05, 4.69) is 21.3 Å². The van der Waals surface area contributed by atoms with Crippen LogP contribution in [-0.2, 0) is 31.9 Å². The van der Waals surface area contributed by atoms with E-state index in [4.69, 9.17) is 38.7 Å². The molecule has 1 amide bonds. The third-order valence-corrected chi connectivity index (χ3v) is 13.2. The number of nitrogens with one attached hydrogen (secondary N) is 1. The van der Waals surface area contributed by atoms with E-state index in [0.717, 1.165) is 90.9 Å². The van der Waals surface area contributed by atoms with Crippen LogP contribution >= 0.6 is 23.2 Å². The first-order valence-electron chi connectivity index (χ1n) is 18.6. The molecule has 2 bridgehead atoms. The molecule has 4 heterocycles. The predicted octanol–water partition coefficient (Wildman–Crippen LogP) is 7.54. The number of nitrogens with two attached hydrogens (primary N) is 1. The number of rotatable bonds is 10. The fourth-order valence-corrected chi connectivity index (χ4v) is 9.80. The van der Waals surface area contributed by atoms with Gasteiger partial charge in [0.1, 0.15) is 16.9 Å². The summed E-state index contributed by atoms with van der Waals surface area (Å²) in [7, 11) is 4.32. The average molecular weight is 805 g/mol. The van der Waals surface area contributed by atoms with Crippen molar-refractivity contribution in [2.75, 3.05) is 25.5 Å². The number of hydrogen-bond acceptors (Lipinski definition) is 8. The van der Waals surface area contributed by atoms with Crippen LogP contribution in [0, 0.1) is 10.8 Å². The molecule has 0 atom stereocenters. The van der Waals surface area contributed by atoms with Crippen LogP contribution in [0.3, 0.4) is 0 Å². The number of fused-ring (bicyclic) bond motifs is 4. The van der Waals surface area contributed by atoms with Crippen molar-refractivity contribution in [1.29, 1.82) is 0 Å². The van der Waals surface area contributed by atoms with Gasteiger partial charge in [-0.05, 0) is 80.7 Å². The summed E-state index contributed by atoms with van der Waals surface area (Å²) in [5, 5.41) is 3.54. The third-order valence-electron chi connectivity index (χ3n) is 12.4. The maximum absolute atomic E-state index is 14.0. The first kappa shape index (κ1) is 38.0. The van der Waals surface area contributed by atoms with E-state index < -0.39 is 23.4 Å². The second-order valence-electron chi connectivity index (χ2n) is 15.5. The van der Waals surface area contributed by atoms with Gasteiger partial charge < -0.3 is 15.8 Å². The summed E-state index contributed by atoms with van der Waals surface area (Å²) in [6, 6.07) is 13.8. The van der Waals surface area contributed by atoms with Gasteiger partial charge in [-0.25, -0.2) is 23.5 Å². The zero-order valence-corrected chi connectivity index (χ0v) is 32.7. The van der Waals surface area contributed by atoms with Gasteiger partial charge in [0, 0.05) is 54.9 Å². The van der Waals surface area contributed by atoms with Gasteiger partial charge in [0.2, 0.25) is 11.8 Å². The van der Waals surface area contributed by atoms with E-state index in [1.807, 2.05) is 18.2 Å². The number of carbonyl (C=O) groups is 1. The molecule has 15 heteroatoms. The molecule has 5 aromatic rings. The molecule has 292 valence electrons. The average Bonchev–Trinajstić information content (AvgIpc) is 3.77. The lowest BCUT2D eigenvalue weighted by Crippen LogP contribution is -2.37. The highest BCUT2D eigenvalue weighted by Crippen LogP contribution is 2.63. The number of primary amides is 1. The Bertz CT molecular complexity index is 2550. The van der Waals surface area contributed by atoms with E-state index >= 15 is 0 Å². The van der Waals surface area contributed by atoms with E-state index in [1.165, 1.54) is 14.1 Å². The summed E-state index contributed by atoms with van der Waals surface area (Å²) in [5.41, 5.74) is 8.63. The number of methoxy groups -OCH3 is 1. The molecule has 3 aliphatic rings. The largest absolute Gasteiger partial charge is 0.481 e. The normalized spacial score (nSPS) is 20.5. The van der Waals surface area contributed by atoms with E-state index in [-0.39, 0.29) is 44.2 Å². The van der Waals surface area contributed by atoms with Crippen LogP contribution in [0.5, 0.6) is 5.88 Å². The summed E-state index contributed by atoms with van der Waals surface area (Å²) < 4.78 is 35.8. The van der Waals surface area contributed by atoms with Crippen LogP contribution in [0.25, 0.3) is 33.3 Å². The Labute approximate surface area is 331 Å². The van der Waals surface area contributed by atoms with Crippen LogP contribution in [0.15, 0.2) is 58.1 Å². The number of benzene rings is 2. The molecule has 3 aromatic heterocycles. The molecule has 0 spiro atoms. The molecule has 8 rings (SSSR count). The Hall–Kier alpha value is -4.85. The van der Waals surface area contributed by atoms with E-state index in [0.29, 0.717) is 33.3 Å². The number of aryl methyl sites for hydroxylation is 1. The van der Waals surface area contributed by atoms with Crippen molar-refractivity contribution < 1.29 is 18.3 Å². The Morgan fingerprint density at radius 3 is 2.36 bits per heavy atom. The molecule has 2 saturated carbocycles. The van der Waals surface area contributed by atoms with E-state index in [9.17, 15) is 23.2 Å². The smallest absolute Gasteiger partial charge is 0.330 e. The van der Waals surface area contributed by atoms with Crippen LogP contribution in [-0.4, -0.2) is 50.1 Å². The molecule has 11 nitrogen and oxygen atoms in total. The Morgan fingerprint density at radius 1 is 0.982 bits per heavy atom. The summed E-state index contributed by atoms with van der Waals surface area (Å²) >= 11 is 14.2. The molecule has 2 aliphatic carbocycles. The second-order valence-corrected chi connectivity index (χ2v) is 16.3. The van der Waals surface area contributed by atoms with Crippen LogP contribution in [0.2, 0.25) is 10.0 Å². The fraction of sp³-hybridized carbons (Fsp3) is 0.390. The number of carbonyl (C=O) groups excluding carboxylic acids is 1. The highest BCUT2D eigenvalue weighted by molar-refractivity contribution is 6.39. The molecule has 1 aliphatic heterocycles. The fourth-order valence-electron chi connectivity index (χ4n) is 9.21. The van der Waals surface area contributed by atoms with Crippen molar-refractivity contribution in [3.63, 3.8) is 0 Å². The number of anilines is 2. The molecule has 0 unspecified atom stereocenters. The summed E-state index contributed by atoms with van der Waals surface area (Å²) in [5.74, 6) is 0.239. The maximum atomic E-state index is 14.0. The summed E-state index contributed by atoms with van der Waals surface area (Å²) in [6.07, 6.45) is 3.68. The first-order valence-corrected chi connectivity index (χ1v) is 19.3.